The van der Waals surface area contributed by atoms with Gasteiger partial charge in [0.2, 0.25) is 0 Å². The van der Waals surface area contributed by atoms with E-state index in [-0.39, 0.29) is 0 Å². The highest BCUT2D eigenvalue weighted by Gasteiger charge is 2.13. The lowest BCUT2D eigenvalue weighted by Gasteiger charge is -2.25. The number of halogens is 2. The minimum Gasteiger partial charge on any atom is -0.380 e. The van der Waals surface area contributed by atoms with E-state index in [0.717, 1.165) is 18.1 Å². The van der Waals surface area contributed by atoms with Gasteiger partial charge in [-0.2, -0.15) is 0 Å². The van der Waals surface area contributed by atoms with Crippen molar-refractivity contribution in [3.8, 4) is 0 Å². The maximum atomic E-state index is 5.91. The second-order valence-corrected chi connectivity index (χ2v) is 5.41. The fourth-order valence-corrected chi connectivity index (χ4v) is 2.83. The molecule has 1 fully saturated rings. The Morgan fingerprint density at radius 1 is 1.47 bits per heavy atom. The Morgan fingerprint density at radius 2 is 2.33 bits per heavy atom. The lowest BCUT2D eigenvalue weighted by molar-refractivity contribution is 0.480. The van der Waals surface area contributed by atoms with Crippen molar-refractivity contribution in [2.45, 2.75) is 18.9 Å². The molecule has 2 nitrogen and oxygen atoms in total. The molecule has 1 aromatic carbocycles. The highest BCUT2D eigenvalue weighted by Crippen LogP contribution is 2.23. The molecule has 1 saturated heterocycles. The molecular formula is C11H14ClIN2. The van der Waals surface area contributed by atoms with Crippen LogP contribution in [-0.4, -0.2) is 19.1 Å². The van der Waals surface area contributed by atoms with E-state index in [1.54, 1.807) is 0 Å². The topological polar surface area (TPSA) is 24.1 Å². The molecule has 0 spiro atoms. The summed E-state index contributed by atoms with van der Waals surface area (Å²) in [5.41, 5.74) is 1.19. The molecule has 82 valence electrons. The van der Waals surface area contributed by atoms with E-state index in [2.05, 4.69) is 39.3 Å². The van der Waals surface area contributed by atoms with E-state index < -0.39 is 0 Å². The zero-order valence-electron chi connectivity index (χ0n) is 8.39. The molecule has 4 heteroatoms. The van der Waals surface area contributed by atoms with Crippen LogP contribution < -0.4 is 10.6 Å². The van der Waals surface area contributed by atoms with Crippen molar-refractivity contribution < 1.29 is 0 Å². The van der Waals surface area contributed by atoms with Gasteiger partial charge in [0.1, 0.15) is 0 Å². The van der Waals surface area contributed by atoms with Gasteiger partial charge in [-0.15, -0.1) is 0 Å². The lowest BCUT2D eigenvalue weighted by Crippen LogP contribution is -2.38. The Balaban J connectivity index is 2.03. The predicted octanol–water partition coefficient (Wildman–Crippen LogP) is 3.11. The second kappa shape index (κ2) is 5.37. The van der Waals surface area contributed by atoms with Gasteiger partial charge in [-0.1, -0.05) is 11.6 Å². The summed E-state index contributed by atoms with van der Waals surface area (Å²) in [6.45, 7) is 2.20. The monoisotopic (exact) mass is 336 g/mol. The Morgan fingerprint density at radius 3 is 3.00 bits per heavy atom. The normalized spacial score (nSPS) is 21.3. The van der Waals surface area contributed by atoms with Gasteiger partial charge in [-0.25, -0.2) is 0 Å². The third-order valence-corrected chi connectivity index (χ3v) is 3.72. The summed E-state index contributed by atoms with van der Waals surface area (Å²) >= 11 is 8.23. The van der Waals surface area contributed by atoms with Crippen LogP contribution in [0, 0.1) is 3.57 Å². The molecule has 0 saturated carbocycles. The summed E-state index contributed by atoms with van der Waals surface area (Å²) in [4.78, 5) is 0. The molecule has 2 N–H and O–H groups in total. The molecule has 0 aliphatic carbocycles. The Hall–Kier alpha value is -0.000000000000000111. The van der Waals surface area contributed by atoms with Crippen LogP contribution in [0.15, 0.2) is 18.2 Å². The van der Waals surface area contributed by atoms with Gasteiger partial charge in [-0.05, 0) is 60.2 Å². The van der Waals surface area contributed by atoms with Crippen LogP contribution in [0.4, 0.5) is 5.69 Å². The van der Waals surface area contributed by atoms with Crippen LogP contribution in [0.1, 0.15) is 12.8 Å². The molecule has 1 unspecified atom stereocenters. The molecule has 1 heterocycles. The highest BCUT2D eigenvalue weighted by molar-refractivity contribution is 14.1. The maximum Gasteiger partial charge on any atom is 0.0479 e. The third kappa shape index (κ3) is 3.23. The summed E-state index contributed by atoms with van der Waals surface area (Å²) in [6, 6.07) is 6.52. The molecule has 2 rings (SSSR count). The average molecular weight is 337 g/mol. The number of piperidine rings is 1. The summed E-state index contributed by atoms with van der Waals surface area (Å²) in [6.07, 6.45) is 2.49. The SMILES string of the molecule is Clc1ccc(NC2CCCNC2)c(I)c1. The molecule has 15 heavy (non-hydrogen) atoms. The number of hydrogen-bond acceptors (Lipinski definition) is 2. The van der Waals surface area contributed by atoms with Gasteiger partial charge in [0, 0.05) is 26.9 Å². The molecule has 1 aliphatic rings. The molecule has 1 aliphatic heterocycles. The largest absolute Gasteiger partial charge is 0.380 e. The van der Waals surface area contributed by atoms with Crippen molar-refractivity contribution in [3.05, 3.63) is 26.8 Å². The Labute approximate surface area is 109 Å². The van der Waals surface area contributed by atoms with Crippen molar-refractivity contribution in [2.75, 3.05) is 18.4 Å². The second-order valence-electron chi connectivity index (χ2n) is 3.81. The van der Waals surface area contributed by atoms with Crippen LogP contribution in [0.2, 0.25) is 5.02 Å². The standard InChI is InChI=1S/C11H14ClIN2/c12-8-3-4-11(10(13)6-8)15-9-2-1-5-14-7-9/h3-4,6,9,14-15H,1-2,5,7H2. The minimum absolute atomic E-state index is 0.549. The maximum absolute atomic E-state index is 5.91. The fourth-order valence-electron chi connectivity index (χ4n) is 1.80. The molecule has 1 atom stereocenters. The van der Waals surface area contributed by atoms with E-state index in [1.165, 1.54) is 22.1 Å². The first kappa shape index (κ1) is 11.5. The number of benzene rings is 1. The molecule has 0 aromatic heterocycles. The zero-order chi connectivity index (χ0) is 10.7. The van der Waals surface area contributed by atoms with Crippen molar-refractivity contribution >= 4 is 39.9 Å². The zero-order valence-corrected chi connectivity index (χ0v) is 11.3. The summed E-state index contributed by atoms with van der Waals surface area (Å²) in [7, 11) is 0. The van der Waals surface area contributed by atoms with E-state index in [1.807, 2.05) is 12.1 Å². The quantitative estimate of drug-likeness (QED) is 0.811. The number of nitrogens with one attached hydrogen (secondary N) is 2. The van der Waals surface area contributed by atoms with Crippen LogP contribution in [-0.2, 0) is 0 Å². The van der Waals surface area contributed by atoms with Crippen molar-refractivity contribution in [3.63, 3.8) is 0 Å². The lowest BCUT2D eigenvalue weighted by atomic mass is 10.1. The van der Waals surface area contributed by atoms with E-state index in [0.29, 0.717) is 6.04 Å². The van der Waals surface area contributed by atoms with E-state index >= 15 is 0 Å². The fraction of sp³-hybridized carbons (Fsp3) is 0.455. The van der Waals surface area contributed by atoms with Crippen LogP contribution in [0.5, 0.6) is 0 Å². The van der Waals surface area contributed by atoms with Gasteiger partial charge in [0.15, 0.2) is 0 Å². The van der Waals surface area contributed by atoms with Gasteiger partial charge in [0.05, 0.1) is 0 Å². The minimum atomic E-state index is 0.549. The van der Waals surface area contributed by atoms with Gasteiger partial charge in [0.25, 0.3) is 0 Å². The van der Waals surface area contributed by atoms with Gasteiger partial charge < -0.3 is 10.6 Å². The van der Waals surface area contributed by atoms with Crippen molar-refractivity contribution in [1.29, 1.82) is 0 Å². The number of rotatable bonds is 2. The molecule has 0 radical (unpaired) electrons. The number of hydrogen-bond donors (Lipinski definition) is 2. The molecule has 0 bridgehead atoms. The van der Waals surface area contributed by atoms with Crippen molar-refractivity contribution in [2.24, 2.45) is 0 Å². The van der Waals surface area contributed by atoms with E-state index in [9.17, 15) is 0 Å². The highest BCUT2D eigenvalue weighted by atomic mass is 127. The number of anilines is 1. The summed E-state index contributed by atoms with van der Waals surface area (Å²) in [5, 5.41) is 7.74. The van der Waals surface area contributed by atoms with E-state index in [4.69, 9.17) is 11.6 Å². The first-order valence-corrected chi connectivity index (χ1v) is 6.63. The first-order valence-electron chi connectivity index (χ1n) is 5.18. The smallest absolute Gasteiger partial charge is 0.0479 e. The van der Waals surface area contributed by atoms with Gasteiger partial charge >= 0.3 is 0 Å². The first-order chi connectivity index (χ1) is 7.25. The molecular weight excluding hydrogens is 322 g/mol. The van der Waals surface area contributed by atoms with Crippen LogP contribution >= 0.6 is 34.2 Å². The molecule has 1 aromatic rings. The third-order valence-electron chi connectivity index (χ3n) is 2.59. The van der Waals surface area contributed by atoms with Crippen LogP contribution in [0.3, 0.4) is 0 Å². The average Bonchev–Trinajstić information content (AvgIpc) is 2.24. The Kier molecular flexibility index (Phi) is 4.11. The van der Waals surface area contributed by atoms with Gasteiger partial charge in [-0.3, -0.25) is 0 Å². The Bertz CT molecular complexity index is 337. The predicted molar refractivity (Wildman–Crippen MR) is 73.7 cm³/mol. The molecule has 0 amide bonds. The van der Waals surface area contributed by atoms with Crippen LogP contribution in [0.25, 0.3) is 0 Å². The summed E-state index contributed by atoms with van der Waals surface area (Å²) < 4.78 is 1.19. The van der Waals surface area contributed by atoms with Crippen molar-refractivity contribution in [1.82, 2.24) is 5.32 Å². The summed E-state index contributed by atoms with van der Waals surface area (Å²) in [5.74, 6) is 0.